The Hall–Kier alpha value is -0.570. The summed E-state index contributed by atoms with van der Waals surface area (Å²) in [5.41, 5.74) is 5.22. The fourth-order valence-corrected chi connectivity index (χ4v) is 0.709. The Kier molecular flexibility index (Phi) is 4.03. The molecule has 0 amide bonds. The van der Waals surface area contributed by atoms with E-state index < -0.39 is 0 Å². The number of rotatable bonds is 3. The summed E-state index contributed by atoms with van der Waals surface area (Å²) in [4.78, 5) is 10.9. The van der Waals surface area contributed by atoms with E-state index in [-0.39, 0.29) is 17.8 Å². The van der Waals surface area contributed by atoms with Crippen molar-refractivity contribution >= 4 is 5.97 Å². The summed E-state index contributed by atoms with van der Waals surface area (Å²) in [6.45, 7) is 5.21. The number of nitrogens with two attached hydrogens (primary N) is 1. The molecule has 0 bridgehead atoms. The van der Waals surface area contributed by atoms with Crippen molar-refractivity contribution in [1.82, 2.24) is 0 Å². The molecule has 0 aliphatic carbocycles. The van der Waals surface area contributed by atoms with Crippen LogP contribution in [0.5, 0.6) is 0 Å². The Labute approximate surface area is 61.5 Å². The highest BCUT2D eigenvalue weighted by atomic mass is 16.5. The summed E-state index contributed by atoms with van der Waals surface area (Å²) in [7, 11) is 1.36. The first-order valence-corrected chi connectivity index (χ1v) is 3.26. The predicted molar refractivity (Wildman–Crippen MR) is 38.8 cm³/mol. The van der Waals surface area contributed by atoms with E-state index in [1.807, 2.05) is 13.8 Å². The van der Waals surface area contributed by atoms with E-state index in [0.29, 0.717) is 0 Å². The second kappa shape index (κ2) is 4.28. The van der Waals surface area contributed by atoms with Crippen LogP contribution in [0.3, 0.4) is 0 Å². The van der Waals surface area contributed by atoms with Crippen LogP contribution in [0.1, 0.15) is 13.8 Å². The van der Waals surface area contributed by atoms with Gasteiger partial charge in [0.25, 0.3) is 0 Å². The summed E-state index contributed by atoms with van der Waals surface area (Å²) in [6, 6.07) is 0. The van der Waals surface area contributed by atoms with Gasteiger partial charge in [-0.05, 0) is 5.92 Å². The third-order valence-electron chi connectivity index (χ3n) is 1.40. The molecule has 0 aliphatic heterocycles. The molecule has 0 saturated heterocycles. The summed E-state index contributed by atoms with van der Waals surface area (Å²) in [5, 5.41) is 0. The fourth-order valence-electron chi connectivity index (χ4n) is 0.709. The highest BCUT2D eigenvalue weighted by molar-refractivity contribution is 5.73. The molecule has 0 aromatic rings. The molecule has 0 aromatic heterocycles. The lowest BCUT2D eigenvalue weighted by Gasteiger charge is -2.14. The number of ether oxygens (including phenoxy) is 1. The van der Waals surface area contributed by atoms with E-state index in [1.165, 1.54) is 13.7 Å². The van der Waals surface area contributed by atoms with Crippen LogP contribution in [-0.2, 0) is 9.53 Å². The number of esters is 1. The van der Waals surface area contributed by atoms with Gasteiger partial charge in [-0.25, -0.2) is 0 Å². The highest BCUT2D eigenvalue weighted by Crippen LogP contribution is 2.12. The molecule has 3 heteroatoms. The van der Waals surface area contributed by atoms with Crippen LogP contribution in [0.25, 0.3) is 0 Å². The van der Waals surface area contributed by atoms with E-state index in [4.69, 9.17) is 5.73 Å². The average Bonchev–Trinajstić information content (AvgIpc) is 1.88. The molecule has 0 heterocycles. The van der Waals surface area contributed by atoms with Gasteiger partial charge < -0.3 is 10.5 Å². The van der Waals surface area contributed by atoms with Crippen molar-refractivity contribution < 1.29 is 9.53 Å². The number of hydrogen-bond donors (Lipinski definition) is 1. The van der Waals surface area contributed by atoms with E-state index in [1.54, 1.807) is 0 Å². The van der Waals surface area contributed by atoms with E-state index >= 15 is 0 Å². The molecule has 3 nitrogen and oxygen atoms in total. The second-order valence-corrected chi connectivity index (χ2v) is 2.49. The Balaban J connectivity index is 3.93. The summed E-state index contributed by atoms with van der Waals surface area (Å²) < 4.78 is 4.51. The first-order chi connectivity index (χ1) is 4.63. The SMILES string of the molecule is COC(=O)C([CH]N)C(C)C. The monoisotopic (exact) mass is 144 g/mol. The topological polar surface area (TPSA) is 52.3 Å². The van der Waals surface area contributed by atoms with Crippen LogP contribution in [0.15, 0.2) is 0 Å². The van der Waals surface area contributed by atoms with Crippen LogP contribution in [0, 0.1) is 18.4 Å². The zero-order chi connectivity index (χ0) is 8.15. The van der Waals surface area contributed by atoms with E-state index in [2.05, 4.69) is 4.74 Å². The van der Waals surface area contributed by atoms with Crippen molar-refractivity contribution in [2.45, 2.75) is 13.8 Å². The van der Waals surface area contributed by atoms with Gasteiger partial charge in [-0.1, -0.05) is 13.8 Å². The van der Waals surface area contributed by atoms with Crippen LogP contribution < -0.4 is 5.73 Å². The number of methoxy groups -OCH3 is 1. The molecule has 1 radical (unpaired) electrons. The zero-order valence-electron chi connectivity index (χ0n) is 6.63. The van der Waals surface area contributed by atoms with Crippen molar-refractivity contribution in [3.8, 4) is 0 Å². The number of hydrogen-bond acceptors (Lipinski definition) is 3. The lowest BCUT2D eigenvalue weighted by Crippen LogP contribution is -2.25. The van der Waals surface area contributed by atoms with Gasteiger partial charge in [-0.15, -0.1) is 0 Å². The summed E-state index contributed by atoms with van der Waals surface area (Å²) >= 11 is 0. The summed E-state index contributed by atoms with van der Waals surface area (Å²) in [6.07, 6.45) is 0. The minimum Gasteiger partial charge on any atom is -0.469 e. The largest absolute Gasteiger partial charge is 0.469 e. The van der Waals surface area contributed by atoms with Gasteiger partial charge in [0.1, 0.15) is 0 Å². The van der Waals surface area contributed by atoms with Crippen LogP contribution in [-0.4, -0.2) is 13.1 Å². The van der Waals surface area contributed by atoms with Crippen LogP contribution >= 0.6 is 0 Å². The molecular weight excluding hydrogens is 130 g/mol. The Bertz CT molecular complexity index is 112. The van der Waals surface area contributed by atoms with Gasteiger partial charge >= 0.3 is 5.97 Å². The zero-order valence-corrected chi connectivity index (χ0v) is 6.63. The molecule has 0 aromatic carbocycles. The molecule has 59 valence electrons. The average molecular weight is 144 g/mol. The molecular formula is C7H14NO2. The Morgan fingerprint density at radius 1 is 1.60 bits per heavy atom. The molecule has 1 atom stereocenters. The van der Waals surface area contributed by atoms with Crippen molar-refractivity contribution in [2.75, 3.05) is 7.11 Å². The second-order valence-electron chi connectivity index (χ2n) is 2.49. The number of carbonyl (C=O) groups excluding carboxylic acids is 1. The van der Waals surface area contributed by atoms with Gasteiger partial charge in [0.2, 0.25) is 0 Å². The normalized spacial score (nSPS) is 13.3. The minimum atomic E-state index is -0.273. The molecule has 0 spiro atoms. The summed E-state index contributed by atoms with van der Waals surface area (Å²) in [5.74, 6) is -0.333. The van der Waals surface area contributed by atoms with Gasteiger partial charge in [0.15, 0.2) is 0 Å². The number of carbonyl (C=O) groups is 1. The maximum atomic E-state index is 10.9. The molecule has 1 unspecified atom stereocenters. The smallest absolute Gasteiger partial charge is 0.310 e. The quantitative estimate of drug-likeness (QED) is 0.588. The Morgan fingerprint density at radius 2 is 2.10 bits per heavy atom. The lowest BCUT2D eigenvalue weighted by atomic mass is 9.96. The van der Waals surface area contributed by atoms with E-state index in [0.717, 1.165) is 0 Å². The Morgan fingerprint density at radius 3 is 2.20 bits per heavy atom. The fraction of sp³-hybridized carbons (Fsp3) is 0.714. The first-order valence-electron chi connectivity index (χ1n) is 3.26. The van der Waals surface area contributed by atoms with Crippen molar-refractivity contribution in [2.24, 2.45) is 17.6 Å². The van der Waals surface area contributed by atoms with E-state index in [9.17, 15) is 4.79 Å². The molecule has 0 rings (SSSR count). The highest BCUT2D eigenvalue weighted by Gasteiger charge is 2.20. The first kappa shape index (κ1) is 9.43. The lowest BCUT2D eigenvalue weighted by molar-refractivity contribution is -0.145. The van der Waals surface area contributed by atoms with Gasteiger partial charge in [-0.2, -0.15) is 0 Å². The molecule has 0 fully saturated rings. The van der Waals surface area contributed by atoms with Crippen molar-refractivity contribution in [3.63, 3.8) is 0 Å². The third-order valence-corrected chi connectivity index (χ3v) is 1.40. The molecule has 0 saturated carbocycles. The maximum absolute atomic E-state index is 10.9. The molecule has 10 heavy (non-hydrogen) atoms. The standard InChI is InChI=1S/C7H14NO2/c1-5(2)6(4-8)7(9)10-3/h4-6H,8H2,1-3H3. The van der Waals surface area contributed by atoms with Gasteiger partial charge in [-0.3, -0.25) is 4.79 Å². The molecule has 0 aliphatic rings. The minimum absolute atomic E-state index is 0.206. The third kappa shape index (κ3) is 2.35. The van der Waals surface area contributed by atoms with Crippen molar-refractivity contribution in [1.29, 1.82) is 0 Å². The van der Waals surface area contributed by atoms with Gasteiger partial charge in [0.05, 0.1) is 13.0 Å². The predicted octanol–water partition coefficient (Wildman–Crippen LogP) is 0.552. The molecule has 2 N–H and O–H groups in total. The van der Waals surface area contributed by atoms with Crippen LogP contribution in [0.4, 0.5) is 0 Å². The van der Waals surface area contributed by atoms with Crippen molar-refractivity contribution in [3.05, 3.63) is 6.54 Å². The van der Waals surface area contributed by atoms with Crippen LogP contribution in [0.2, 0.25) is 0 Å². The maximum Gasteiger partial charge on any atom is 0.310 e. The van der Waals surface area contributed by atoms with Gasteiger partial charge in [0, 0.05) is 6.54 Å².